The zero-order chi connectivity index (χ0) is 17.5. The van der Waals surface area contributed by atoms with Gasteiger partial charge in [-0.3, -0.25) is 4.79 Å². The molecule has 5 nitrogen and oxygen atoms in total. The summed E-state index contributed by atoms with van der Waals surface area (Å²) in [7, 11) is 0. The van der Waals surface area contributed by atoms with Crippen LogP contribution in [0, 0.1) is 0 Å². The number of likely N-dealkylation sites (tertiary alicyclic amines) is 1. The van der Waals surface area contributed by atoms with E-state index in [1.807, 2.05) is 60.7 Å². The van der Waals surface area contributed by atoms with Crippen LogP contribution in [-0.2, 0) is 22.6 Å². The molecule has 2 aromatic rings. The number of ether oxygens (including phenoxy) is 1. The molecule has 2 amide bonds. The van der Waals surface area contributed by atoms with E-state index in [2.05, 4.69) is 5.32 Å². The maximum absolute atomic E-state index is 12.1. The highest BCUT2D eigenvalue weighted by atomic mass is 16.6. The van der Waals surface area contributed by atoms with E-state index in [1.165, 1.54) is 0 Å². The topological polar surface area (TPSA) is 58.6 Å². The summed E-state index contributed by atoms with van der Waals surface area (Å²) in [5.41, 5.74) is 1.94. The third-order valence-corrected chi connectivity index (χ3v) is 4.22. The Morgan fingerprint density at radius 2 is 1.64 bits per heavy atom. The number of rotatable bonds is 5. The van der Waals surface area contributed by atoms with Crippen LogP contribution < -0.4 is 5.32 Å². The van der Waals surface area contributed by atoms with Gasteiger partial charge < -0.3 is 15.0 Å². The van der Waals surface area contributed by atoms with Crippen LogP contribution in [0.4, 0.5) is 4.79 Å². The zero-order valence-corrected chi connectivity index (χ0v) is 14.1. The predicted molar refractivity (Wildman–Crippen MR) is 94.9 cm³/mol. The van der Waals surface area contributed by atoms with Crippen LogP contribution in [0.5, 0.6) is 0 Å². The Morgan fingerprint density at radius 1 is 1.00 bits per heavy atom. The molecule has 2 aromatic carbocycles. The van der Waals surface area contributed by atoms with E-state index in [9.17, 15) is 9.59 Å². The molecule has 1 saturated heterocycles. The molecule has 0 aromatic heterocycles. The molecule has 1 atom stereocenters. The van der Waals surface area contributed by atoms with E-state index in [0.29, 0.717) is 19.5 Å². The lowest BCUT2D eigenvalue weighted by Crippen LogP contribution is -2.39. The molecular weight excluding hydrogens is 316 g/mol. The Kier molecular flexibility index (Phi) is 5.67. The quantitative estimate of drug-likeness (QED) is 0.912. The number of hydrogen-bond donors (Lipinski definition) is 1. The lowest BCUT2D eigenvalue weighted by atomic mass is 10.1. The van der Waals surface area contributed by atoms with Crippen molar-refractivity contribution in [3.63, 3.8) is 0 Å². The van der Waals surface area contributed by atoms with E-state index in [-0.39, 0.29) is 24.6 Å². The van der Waals surface area contributed by atoms with Crippen LogP contribution in [0.25, 0.3) is 0 Å². The van der Waals surface area contributed by atoms with Crippen molar-refractivity contribution in [1.82, 2.24) is 10.2 Å². The average molecular weight is 338 g/mol. The van der Waals surface area contributed by atoms with Crippen molar-refractivity contribution in [3.05, 3.63) is 71.8 Å². The van der Waals surface area contributed by atoms with Gasteiger partial charge in [0.25, 0.3) is 0 Å². The first-order chi connectivity index (χ1) is 12.2. The second kappa shape index (κ2) is 8.33. The van der Waals surface area contributed by atoms with Crippen LogP contribution >= 0.6 is 0 Å². The Morgan fingerprint density at radius 3 is 2.32 bits per heavy atom. The van der Waals surface area contributed by atoms with Gasteiger partial charge >= 0.3 is 6.09 Å². The summed E-state index contributed by atoms with van der Waals surface area (Å²) in [4.78, 5) is 25.9. The fourth-order valence-corrected chi connectivity index (χ4v) is 2.91. The van der Waals surface area contributed by atoms with Crippen molar-refractivity contribution in [2.45, 2.75) is 25.5 Å². The monoisotopic (exact) mass is 338 g/mol. The van der Waals surface area contributed by atoms with Crippen molar-refractivity contribution in [3.8, 4) is 0 Å². The maximum Gasteiger partial charge on any atom is 0.410 e. The van der Waals surface area contributed by atoms with Crippen LogP contribution in [0.3, 0.4) is 0 Å². The van der Waals surface area contributed by atoms with Gasteiger partial charge in [0.05, 0.1) is 6.42 Å². The minimum absolute atomic E-state index is 0.0134. The molecule has 130 valence electrons. The number of carbonyl (C=O) groups excluding carboxylic acids is 2. The Labute approximate surface area is 147 Å². The molecule has 3 rings (SSSR count). The molecule has 0 aliphatic carbocycles. The van der Waals surface area contributed by atoms with Crippen molar-refractivity contribution < 1.29 is 14.3 Å². The van der Waals surface area contributed by atoms with Crippen molar-refractivity contribution in [2.24, 2.45) is 0 Å². The SMILES string of the molecule is O=C(Cc1ccccc1)NC1CCN(C(=O)OCc2ccccc2)C1. The third-order valence-electron chi connectivity index (χ3n) is 4.22. The Hall–Kier alpha value is -2.82. The van der Waals surface area contributed by atoms with Crippen molar-refractivity contribution in [1.29, 1.82) is 0 Å². The standard InChI is InChI=1S/C20H22N2O3/c23-19(13-16-7-3-1-4-8-16)21-18-11-12-22(14-18)20(24)25-15-17-9-5-2-6-10-17/h1-10,18H,11-15H2,(H,21,23). The normalized spacial score (nSPS) is 16.5. The minimum Gasteiger partial charge on any atom is -0.445 e. The first-order valence-electron chi connectivity index (χ1n) is 8.49. The van der Waals surface area contributed by atoms with E-state index in [4.69, 9.17) is 4.74 Å². The van der Waals surface area contributed by atoms with Gasteiger partial charge in [0.15, 0.2) is 0 Å². The van der Waals surface area contributed by atoms with E-state index < -0.39 is 0 Å². The molecule has 1 aliphatic heterocycles. The molecule has 0 bridgehead atoms. The van der Waals surface area contributed by atoms with Crippen molar-refractivity contribution in [2.75, 3.05) is 13.1 Å². The highest BCUT2D eigenvalue weighted by Crippen LogP contribution is 2.12. The fourth-order valence-electron chi connectivity index (χ4n) is 2.91. The van der Waals surface area contributed by atoms with E-state index in [1.54, 1.807) is 4.90 Å². The molecule has 1 fully saturated rings. The number of carbonyl (C=O) groups is 2. The van der Waals surface area contributed by atoms with Gasteiger partial charge in [0.1, 0.15) is 6.61 Å². The van der Waals surface area contributed by atoms with Crippen LogP contribution in [0.2, 0.25) is 0 Å². The van der Waals surface area contributed by atoms with Gasteiger partial charge in [-0.2, -0.15) is 0 Å². The van der Waals surface area contributed by atoms with Gasteiger partial charge in [0, 0.05) is 19.1 Å². The molecule has 0 radical (unpaired) electrons. The minimum atomic E-state index is -0.330. The number of hydrogen-bond acceptors (Lipinski definition) is 3. The second-order valence-corrected chi connectivity index (χ2v) is 6.20. The van der Waals surface area contributed by atoms with Gasteiger partial charge in [0.2, 0.25) is 5.91 Å². The number of amides is 2. The Bertz CT molecular complexity index is 703. The molecular formula is C20H22N2O3. The van der Waals surface area contributed by atoms with Crippen molar-refractivity contribution >= 4 is 12.0 Å². The summed E-state index contributed by atoms with van der Waals surface area (Å²) < 4.78 is 5.34. The fraction of sp³-hybridized carbons (Fsp3) is 0.300. The summed E-state index contributed by atoms with van der Waals surface area (Å²) in [5, 5.41) is 3.00. The zero-order valence-electron chi connectivity index (χ0n) is 14.1. The molecule has 0 saturated carbocycles. The Balaban J connectivity index is 1.42. The van der Waals surface area contributed by atoms with Crippen LogP contribution in [-0.4, -0.2) is 36.0 Å². The van der Waals surface area contributed by atoms with E-state index >= 15 is 0 Å². The highest BCUT2D eigenvalue weighted by Gasteiger charge is 2.28. The first-order valence-corrected chi connectivity index (χ1v) is 8.49. The molecule has 1 unspecified atom stereocenters. The largest absolute Gasteiger partial charge is 0.445 e. The first kappa shape index (κ1) is 17.0. The second-order valence-electron chi connectivity index (χ2n) is 6.20. The number of nitrogens with zero attached hydrogens (tertiary/aromatic N) is 1. The third kappa shape index (κ3) is 5.08. The van der Waals surface area contributed by atoms with Crippen LogP contribution in [0.1, 0.15) is 17.5 Å². The highest BCUT2D eigenvalue weighted by molar-refractivity contribution is 5.79. The number of nitrogens with one attached hydrogen (secondary N) is 1. The van der Waals surface area contributed by atoms with E-state index in [0.717, 1.165) is 17.5 Å². The predicted octanol–water partition coefficient (Wildman–Crippen LogP) is 2.76. The average Bonchev–Trinajstić information content (AvgIpc) is 3.10. The molecule has 1 N–H and O–H groups in total. The van der Waals surface area contributed by atoms with Gasteiger partial charge in [-0.05, 0) is 17.5 Å². The molecule has 1 aliphatic rings. The molecule has 25 heavy (non-hydrogen) atoms. The van der Waals surface area contributed by atoms with Gasteiger partial charge in [-0.1, -0.05) is 60.7 Å². The summed E-state index contributed by atoms with van der Waals surface area (Å²) >= 11 is 0. The summed E-state index contributed by atoms with van der Waals surface area (Å²) in [6.45, 7) is 1.36. The molecule has 5 heteroatoms. The summed E-state index contributed by atoms with van der Waals surface area (Å²) in [6, 6.07) is 19.2. The smallest absolute Gasteiger partial charge is 0.410 e. The summed E-state index contributed by atoms with van der Waals surface area (Å²) in [6.07, 6.45) is 0.778. The van der Waals surface area contributed by atoms with Gasteiger partial charge in [-0.25, -0.2) is 4.79 Å². The molecule has 0 spiro atoms. The number of benzene rings is 2. The molecule has 1 heterocycles. The lowest BCUT2D eigenvalue weighted by molar-refractivity contribution is -0.121. The lowest BCUT2D eigenvalue weighted by Gasteiger charge is -2.17. The van der Waals surface area contributed by atoms with Crippen LogP contribution in [0.15, 0.2) is 60.7 Å². The maximum atomic E-state index is 12.1. The summed E-state index contributed by atoms with van der Waals surface area (Å²) in [5.74, 6) is -0.0179. The van der Waals surface area contributed by atoms with Gasteiger partial charge in [-0.15, -0.1) is 0 Å².